The van der Waals surface area contributed by atoms with Gasteiger partial charge in [0, 0.05) is 19.3 Å². The van der Waals surface area contributed by atoms with E-state index in [9.17, 15) is 4.79 Å². The van der Waals surface area contributed by atoms with E-state index in [0.29, 0.717) is 11.6 Å². The monoisotopic (exact) mass is 288 g/mol. The molecule has 1 unspecified atom stereocenters. The standard InChI is InChI=1S/C15H20N4O2/c1-4-7-13(12-8-5-6-9-16-12)19(3)15(20)17-14-10-11(2)21-18-14/h5-6,8-10,13H,4,7H2,1-3H3,(H,17,18,20). The van der Waals surface area contributed by atoms with Crippen molar-refractivity contribution in [2.24, 2.45) is 0 Å². The van der Waals surface area contributed by atoms with Crippen LogP contribution in [0.15, 0.2) is 35.0 Å². The van der Waals surface area contributed by atoms with Gasteiger partial charge in [-0.15, -0.1) is 0 Å². The molecule has 2 amide bonds. The lowest BCUT2D eigenvalue weighted by Gasteiger charge is -2.27. The zero-order chi connectivity index (χ0) is 15.2. The molecule has 0 radical (unpaired) electrons. The smallest absolute Gasteiger partial charge is 0.323 e. The number of carbonyl (C=O) groups is 1. The summed E-state index contributed by atoms with van der Waals surface area (Å²) in [5, 5.41) is 6.49. The third-order valence-electron chi connectivity index (χ3n) is 3.24. The van der Waals surface area contributed by atoms with Crippen LogP contribution in [0.1, 0.15) is 37.3 Å². The van der Waals surface area contributed by atoms with Crippen molar-refractivity contribution < 1.29 is 9.32 Å². The van der Waals surface area contributed by atoms with Crippen LogP contribution < -0.4 is 5.32 Å². The van der Waals surface area contributed by atoms with E-state index in [1.54, 1.807) is 31.1 Å². The Hall–Kier alpha value is -2.37. The zero-order valence-electron chi connectivity index (χ0n) is 12.5. The molecule has 6 heteroatoms. The van der Waals surface area contributed by atoms with Crippen molar-refractivity contribution in [3.8, 4) is 0 Å². The summed E-state index contributed by atoms with van der Waals surface area (Å²) in [5.74, 6) is 1.07. The molecular weight excluding hydrogens is 268 g/mol. The van der Waals surface area contributed by atoms with E-state index < -0.39 is 0 Å². The Bertz CT molecular complexity index is 582. The lowest BCUT2D eigenvalue weighted by atomic mass is 10.1. The maximum absolute atomic E-state index is 12.3. The first-order valence-corrected chi connectivity index (χ1v) is 7.00. The quantitative estimate of drug-likeness (QED) is 0.915. The lowest BCUT2D eigenvalue weighted by molar-refractivity contribution is 0.199. The second-order valence-corrected chi connectivity index (χ2v) is 4.92. The summed E-state index contributed by atoms with van der Waals surface area (Å²) in [6.07, 6.45) is 3.55. The molecule has 2 rings (SSSR count). The molecule has 0 aliphatic rings. The van der Waals surface area contributed by atoms with Gasteiger partial charge in [0.05, 0.1) is 11.7 Å². The number of aromatic nitrogens is 2. The minimum atomic E-state index is -0.229. The molecule has 0 fully saturated rings. The summed E-state index contributed by atoms with van der Waals surface area (Å²) < 4.78 is 4.94. The first-order valence-electron chi connectivity index (χ1n) is 7.00. The highest BCUT2D eigenvalue weighted by molar-refractivity contribution is 5.88. The molecule has 0 aromatic carbocycles. The van der Waals surface area contributed by atoms with Crippen molar-refractivity contribution in [1.29, 1.82) is 0 Å². The lowest BCUT2D eigenvalue weighted by Crippen LogP contribution is -2.35. The molecule has 1 N–H and O–H groups in total. The Morgan fingerprint density at radius 2 is 2.29 bits per heavy atom. The van der Waals surface area contributed by atoms with E-state index in [-0.39, 0.29) is 12.1 Å². The van der Waals surface area contributed by atoms with Crippen molar-refractivity contribution in [2.45, 2.75) is 32.7 Å². The summed E-state index contributed by atoms with van der Waals surface area (Å²) in [4.78, 5) is 18.3. The van der Waals surface area contributed by atoms with Gasteiger partial charge in [0.2, 0.25) is 0 Å². The van der Waals surface area contributed by atoms with E-state index >= 15 is 0 Å². The topological polar surface area (TPSA) is 71.3 Å². The predicted octanol–water partition coefficient (Wildman–Crippen LogP) is 3.38. The van der Waals surface area contributed by atoms with Crippen LogP contribution in [0, 0.1) is 6.92 Å². The molecule has 1 atom stereocenters. The zero-order valence-corrected chi connectivity index (χ0v) is 12.5. The third kappa shape index (κ3) is 3.81. The number of pyridine rings is 1. The van der Waals surface area contributed by atoms with Gasteiger partial charge in [0.25, 0.3) is 0 Å². The number of amides is 2. The van der Waals surface area contributed by atoms with Crippen molar-refractivity contribution in [1.82, 2.24) is 15.0 Å². The van der Waals surface area contributed by atoms with E-state index in [1.165, 1.54) is 0 Å². The second kappa shape index (κ2) is 6.88. The van der Waals surface area contributed by atoms with E-state index in [4.69, 9.17) is 4.52 Å². The molecule has 0 spiro atoms. The number of urea groups is 1. The fraction of sp³-hybridized carbons (Fsp3) is 0.400. The number of anilines is 1. The van der Waals surface area contributed by atoms with Crippen molar-refractivity contribution >= 4 is 11.8 Å². The van der Waals surface area contributed by atoms with Gasteiger partial charge in [-0.2, -0.15) is 0 Å². The molecule has 2 heterocycles. The summed E-state index contributed by atoms with van der Waals surface area (Å²) in [5.41, 5.74) is 0.883. The molecule has 0 aliphatic carbocycles. The van der Waals surface area contributed by atoms with Crippen LogP contribution in [0.4, 0.5) is 10.6 Å². The van der Waals surface area contributed by atoms with E-state index in [1.807, 2.05) is 18.2 Å². The SMILES string of the molecule is CCCC(c1ccccn1)N(C)C(=O)Nc1cc(C)on1. The number of rotatable bonds is 5. The molecule has 112 valence electrons. The highest BCUT2D eigenvalue weighted by atomic mass is 16.5. The van der Waals surface area contributed by atoms with Gasteiger partial charge in [-0.3, -0.25) is 10.3 Å². The predicted molar refractivity (Wildman–Crippen MR) is 79.9 cm³/mol. The molecule has 2 aromatic rings. The third-order valence-corrected chi connectivity index (χ3v) is 3.24. The van der Waals surface area contributed by atoms with Gasteiger partial charge in [-0.25, -0.2) is 4.79 Å². The van der Waals surface area contributed by atoms with Crippen LogP contribution in [0.2, 0.25) is 0 Å². The average Bonchev–Trinajstić information content (AvgIpc) is 2.90. The van der Waals surface area contributed by atoms with Crippen LogP contribution in [-0.2, 0) is 0 Å². The van der Waals surface area contributed by atoms with Gasteiger partial charge in [-0.05, 0) is 25.5 Å². The number of hydrogen-bond acceptors (Lipinski definition) is 4. The van der Waals surface area contributed by atoms with Gasteiger partial charge in [0.15, 0.2) is 5.82 Å². The number of carbonyl (C=O) groups excluding carboxylic acids is 1. The summed E-state index contributed by atoms with van der Waals surface area (Å²) in [6.45, 7) is 3.86. The minimum Gasteiger partial charge on any atom is -0.360 e. The number of hydrogen-bond donors (Lipinski definition) is 1. The molecule has 0 saturated heterocycles. The van der Waals surface area contributed by atoms with Crippen molar-refractivity contribution in [3.63, 3.8) is 0 Å². The van der Waals surface area contributed by atoms with Crippen molar-refractivity contribution in [2.75, 3.05) is 12.4 Å². The van der Waals surface area contributed by atoms with Gasteiger partial charge in [0.1, 0.15) is 5.76 Å². The van der Waals surface area contributed by atoms with Gasteiger partial charge >= 0.3 is 6.03 Å². The first-order chi connectivity index (χ1) is 10.1. The van der Waals surface area contributed by atoms with Gasteiger partial charge in [-0.1, -0.05) is 24.6 Å². The van der Waals surface area contributed by atoms with Crippen molar-refractivity contribution in [3.05, 3.63) is 41.9 Å². The second-order valence-electron chi connectivity index (χ2n) is 4.92. The maximum atomic E-state index is 12.3. The summed E-state index contributed by atoms with van der Waals surface area (Å²) in [7, 11) is 1.76. The minimum absolute atomic E-state index is 0.0656. The fourth-order valence-corrected chi connectivity index (χ4v) is 2.15. The fourth-order valence-electron chi connectivity index (χ4n) is 2.15. The molecule has 6 nitrogen and oxygen atoms in total. The largest absolute Gasteiger partial charge is 0.360 e. The Labute approximate surface area is 124 Å². The molecule has 2 aromatic heterocycles. The molecule has 0 saturated carbocycles. The molecular formula is C15H20N4O2. The average molecular weight is 288 g/mol. The Balaban J connectivity index is 2.10. The summed E-state index contributed by atoms with van der Waals surface area (Å²) >= 11 is 0. The highest BCUT2D eigenvalue weighted by Gasteiger charge is 2.22. The Morgan fingerprint density at radius 3 is 2.86 bits per heavy atom. The highest BCUT2D eigenvalue weighted by Crippen LogP contribution is 2.23. The number of aryl methyl sites for hydroxylation is 1. The van der Waals surface area contributed by atoms with Crippen LogP contribution in [-0.4, -0.2) is 28.1 Å². The van der Waals surface area contributed by atoms with Crippen LogP contribution in [0.5, 0.6) is 0 Å². The van der Waals surface area contributed by atoms with E-state index in [2.05, 4.69) is 22.4 Å². The first kappa shape index (κ1) is 15.0. The molecule has 21 heavy (non-hydrogen) atoms. The van der Waals surface area contributed by atoms with E-state index in [0.717, 1.165) is 18.5 Å². The summed E-state index contributed by atoms with van der Waals surface area (Å²) in [6, 6.07) is 7.12. The normalized spacial score (nSPS) is 12.0. The molecule has 0 aliphatic heterocycles. The Kier molecular flexibility index (Phi) is 4.92. The molecule has 0 bridgehead atoms. The van der Waals surface area contributed by atoms with Crippen LogP contribution >= 0.6 is 0 Å². The van der Waals surface area contributed by atoms with Gasteiger partial charge < -0.3 is 9.42 Å². The Morgan fingerprint density at radius 1 is 1.48 bits per heavy atom. The maximum Gasteiger partial charge on any atom is 0.323 e. The van der Waals surface area contributed by atoms with Crippen LogP contribution in [0.25, 0.3) is 0 Å². The number of nitrogens with zero attached hydrogens (tertiary/aromatic N) is 3. The van der Waals surface area contributed by atoms with Crippen LogP contribution in [0.3, 0.4) is 0 Å². The number of nitrogens with one attached hydrogen (secondary N) is 1.